The van der Waals surface area contributed by atoms with E-state index in [9.17, 15) is 4.79 Å². The molecule has 0 spiro atoms. The molecule has 0 unspecified atom stereocenters. The van der Waals surface area contributed by atoms with E-state index >= 15 is 0 Å². The molecule has 0 aliphatic carbocycles. The van der Waals surface area contributed by atoms with Gasteiger partial charge < -0.3 is 29.2 Å². The Labute approximate surface area is 215 Å². The zero-order valence-electron chi connectivity index (χ0n) is 21.2. The average molecular weight is 503 g/mol. The number of nitrogens with zero attached hydrogens (tertiary/aromatic N) is 3. The number of anilines is 1. The third-order valence-corrected chi connectivity index (χ3v) is 6.31. The Morgan fingerprint density at radius 3 is 2.62 bits per heavy atom. The minimum Gasteiger partial charge on any atom is -0.497 e. The smallest absolute Gasteiger partial charge is 0.253 e. The van der Waals surface area contributed by atoms with E-state index in [1.54, 1.807) is 20.3 Å². The molecule has 1 N–H and O–H groups in total. The molecular weight excluding hydrogens is 472 g/mol. The number of hydrogen-bond acceptors (Lipinski definition) is 7. The number of methoxy groups -OCH3 is 2. The lowest BCUT2D eigenvalue weighted by Gasteiger charge is -2.25. The molecule has 2 aromatic heterocycles. The maximum Gasteiger partial charge on any atom is 0.253 e. The molecule has 9 nitrogen and oxygen atoms in total. The minimum atomic E-state index is -0.171. The topological polar surface area (TPSA) is 86.6 Å². The number of rotatable bonds is 10. The lowest BCUT2D eigenvalue weighted by atomic mass is 10.2. The highest BCUT2D eigenvalue weighted by Crippen LogP contribution is 2.32. The minimum absolute atomic E-state index is 0.171. The SMILES string of the molecule is COCCN(Cc1ccc(OC)cc1)c1c(C)nc2ccc(C(=O)NCc3ccc4c(c3)OCO4)cn12. The van der Waals surface area contributed by atoms with Crippen LogP contribution in [0, 0.1) is 6.92 Å². The van der Waals surface area contributed by atoms with Crippen molar-refractivity contribution in [3.8, 4) is 17.2 Å². The van der Waals surface area contributed by atoms with Crippen LogP contribution < -0.4 is 24.4 Å². The highest BCUT2D eigenvalue weighted by atomic mass is 16.7. The first-order chi connectivity index (χ1) is 18.1. The summed E-state index contributed by atoms with van der Waals surface area (Å²) >= 11 is 0. The molecule has 3 heterocycles. The molecule has 1 aliphatic heterocycles. The van der Waals surface area contributed by atoms with Crippen LogP contribution in [-0.2, 0) is 17.8 Å². The molecular formula is C28H30N4O5. The normalized spacial score (nSPS) is 12.1. The Morgan fingerprint density at radius 2 is 1.84 bits per heavy atom. The number of carbonyl (C=O) groups excluding carboxylic acids is 1. The van der Waals surface area contributed by atoms with Crippen LogP contribution in [0.3, 0.4) is 0 Å². The number of amides is 1. The van der Waals surface area contributed by atoms with Gasteiger partial charge in [-0.05, 0) is 54.4 Å². The number of carbonyl (C=O) groups is 1. The van der Waals surface area contributed by atoms with Crippen molar-refractivity contribution in [2.45, 2.75) is 20.0 Å². The van der Waals surface area contributed by atoms with Gasteiger partial charge >= 0.3 is 0 Å². The number of benzene rings is 2. The van der Waals surface area contributed by atoms with E-state index in [-0.39, 0.29) is 12.7 Å². The summed E-state index contributed by atoms with van der Waals surface area (Å²) in [6.45, 7) is 4.45. The summed E-state index contributed by atoms with van der Waals surface area (Å²) in [6.07, 6.45) is 1.84. The summed E-state index contributed by atoms with van der Waals surface area (Å²) in [6, 6.07) is 17.3. The van der Waals surface area contributed by atoms with Crippen LogP contribution in [0.15, 0.2) is 60.8 Å². The second kappa shape index (κ2) is 10.8. The van der Waals surface area contributed by atoms with Crippen LogP contribution >= 0.6 is 0 Å². The molecule has 5 rings (SSSR count). The molecule has 0 radical (unpaired) electrons. The van der Waals surface area contributed by atoms with Crippen molar-refractivity contribution in [1.29, 1.82) is 0 Å². The van der Waals surface area contributed by atoms with Crippen molar-refractivity contribution in [3.63, 3.8) is 0 Å². The van der Waals surface area contributed by atoms with Gasteiger partial charge in [-0.25, -0.2) is 4.98 Å². The van der Waals surface area contributed by atoms with Gasteiger partial charge in [-0.3, -0.25) is 9.20 Å². The third-order valence-electron chi connectivity index (χ3n) is 6.31. The van der Waals surface area contributed by atoms with Gasteiger partial charge in [-0.15, -0.1) is 0 Å². The molecule has 37 heavy (non-hydrogen) atoms. The first kappa shape index (κ1) is 24.5. The van der Waals surface area contributed by atoms with E-state index in [0.717, 1.165) is 39.8 Å². The lowest BCUT2D eigenvalue weighted by Crippen LogP contribution is -2.29. The second-order valence-corrected chi connectivity index (χ2v) is 8.80. The highest BCUT2D eigenvalue weighted by molar-refractivity contribution is 5.94. The predicted octanol–water partition coefficient (Wildman–Crippen LogP) is 3.96. The largest absolute Gasteiger partial charge is 0.497 e. The highest BCUT2D eigenvalue weighted by Gasteiger charge is 2.19. The summed E-state index contributed by atoms with van der Waals surface area (Å²) in [4.78, 5) is 20.0. The molecule has 0 saturated heterocycles. The van der Waals surface area contributed by atoms with Gasteiger partial charge in [0.1, 0.15) is 17.2 Å². The van der Waals surface area contributed by atoms with Gasteiger partial charge in [-0.1, -0.05) is 18.2 Å². The van der Waals surface area contributed by atoms with Gasteiger partial charge in [0.05, 0.1) is 25.0 Å². The predicted molar refractivity (Wildman–Crippen MR) is 140 cm³/mol. The number of aryl methyl sites for hydroxylation is 1. The fourth-order valence-electron chi connectivity index (χ4n) is 4.41. The number of nitrogens with one attached hydrogen (secondary N) is 1. The monoisotopic (exact) mass is 502 g/mol. The summed E-state index contributed by atoms with van der Waals surface area (Å²) in [7, 11) is 3.35. The lowest BCUT2D eigenvalue weighted by molar-refractivity contribution is 0.0950. The Morgan fingerprint density at radius 1 is 1.05 bits per heavy atom. The number of pyridine rings is 1. The molecule has 0 fully saturated rings. The van der Waals surface area contributed by atoms with Crippen LogP contribution in [0.5, 0.6) is 17.2 Å². The number of fused-ring (bicyclic) bond motifs is 2. The maximum atomic E-state index is 13.1. The molecule has 192 valence electrons. The number of hydrogen-bond donors (Lipinski definition) is 1. The summed E-state index contributed by atoms with van der Waals surface area (Å²) in [5.41, 5.74) is 4.26. The Kier molecular flexibility index (Phi) is 7.14. The van der Waals surface area contributed by atoms with Crippen molar-refractivity contribution in [2.75, 3.05) is 39.1 Å². The summed E-state index contributed by atoms with van der Waals surface area (Å²) < 4.78 is 23.5. The van der Waals surface area contributed by atoms with Crippen molar-refractivity contribution in [3.05, 3.63) is 83.2 Å². The zero-order valence-corrected chi connectivity index (χ0v) is 21.2. The molecule has 0 saturated carbocycles. The second-order valence-electron chi connectivity index (χ2n) is 8.80. The number of aromatic nitrogens is 2. The van der Waals surface area contributed by atoms with Crippen molar-refractivity contribution in [2.24, 2.45) is 0 Å². The molecule has 4 aromatic rings. The first-order valence-electron chi connectivity index (χ1n) is 12.1. The van der Waals surface area contributed by atoms with Gasteiger partial charge in [0.2, 0.25) is 6.79 Å². The van der Waals surface area contributed by atoms with Crippen LogP contribution in [0.1, 0.15) is 27.2 Å². The van der Waals surface area contributed by atoms with Crippen molar-refractivity contribution in [1.82, 2.24) is 14.7 Å². The standard InChI is InChI=1S/C28H30N4O5/c1-19-28(31(12-13-34-2)16-20-4-8-23(35-3)9-5-20)32-17-22(7-11-26(32)30-19)27(33)29-15-21-6-10-24-25(14-21)37-18-36-24/h4-11,14,17H,12-13,15-16,18H2,1-3H3,(H,29,33). The van der Waals surface area contributed by atoms with Gasteiger partial charge in [0, 0.05) is 32.9 Å². The Bertz CT molecular complexity index is 1400. The molecule has 1 amide bonds. The fraction of sp³-hybridized carbons (Fsp3) is 0.286. The number of imidazole rings is 1. The van der Waals surface area contributed by atoms with E-state index < -0.39 is 0 Å². The quantitative estimate of drug-likeness (QED) is 0.351. The van der Waals surface area contributed by atoms with Crippen molar-refractivity contribution >= 4 is 17.4 Å². The molecule has 0 atom stereocenters. The molecule has 1 aliphatic rings. The molecule has 9 heteroatoms. The van der Waals surface area contributed by atoms with Crippen LogP contribution in [0.4, 0.5) is 5.82 Å². The zero-order chi connectivity index (χ0) is 25.8. The third kappa shape index (κ3) is 5.31. The van der Waals surface area contributed by atoms with E-state index in [4.69, 9.17) is 23.9 Å². The van der Waals surface area contributed by atoms with E-state index in [0.29, 0.717) is 37.6 Å². The maximum absolute atomic E-state index is 13.1. The Hall–Kier alpha value is -4.24. The van der Waals surface area contributed by atoms with Crippen LogP contribution in [0.2, 0.25) is 0 Å². The summed E-state index contributed by atoms with van der Waals surface area (Å²) in [5.74, 6) is 2.98. The van der Waals surface area contributed by atoms with Crippen molar-refractivity contribution < 1.29 is 23.7 Å². The number of ether oxygens (including phenoxy) is 4. The van der Waals surface area contributed by atoms with E-state index in [2.05, 4.69) is 10.2 Å². The van der Waals surface area contributed by atoms with E-state index in [1.165, 1.54) is 0 Å². The van der Waals surface area contributed by atoms with Crippen LogP contribution in [0.25, 0.3) is 5.65 Å². The Balaban J connectivity index is 1.38. The fourth-order valence-corrected chi connectivity index (χ4v) is 4.41. The van der Waals surface area contributed by atoms with Crippen LogP contribution in [-0.4, -0.2) is 49.5 Å². The molecule has 0 bridgehead atoms. The van der Waals surface area contributed by atoms with Gasteiger partial charge in [0.15, 0.2) is 11.5 Å². The van der Waals surface area contributed by atoms with Gasteiger partial charge in [-0.2, -0.15) is 0 Å². The molecule has 2 aromatic carbocycles. The first-order valence-corrected chi connectivity index (χ1v) is 12.1. The van der Waals surface area contributed by atoms with E-state index in [1.807, 2.05) is 66.1 Å². The summed E-state index contributed by atoms with van der Waals surface area (Å²) in [5, 5.41) is 3.00. The van der Waals surface area contributed by atoms with Gasteiger partial charge in [0.25, 0.3) is 5.91 Å². The average Bonchev–Trinajstić information content (AvgIpc) is 3.52.